The number of hydrogen-bond acceptors (Lipinski definition) is 5. The van der Waals surface area contributed by atoms with Crippen LogP contribution in [0.5, 0.6) is 0 Å². The lowest BCUT2D eigenvalue weighted by Gasteiger charge is -2.46. The van der Waals surface area contributed by atoms with Crippen molar-refractivity contribution in [3.63, 3.8) is 0 Å². The highest BCUT2D eigenvalue weighted by atomic mass is 16.6. The fraction of sp³-hybridized carbons (Fsp3) is 0.211. The predicted molar refractivity (Wildman–Crippen MR) is 90.0 cm³/mol. The number of esters is 2. The zero-order chi connectivity index (χ0) is 18.0. The van der Waals surface area contributed by atoms with Crippen molar-refractivity contribution in [1.82, 2.24) is 0 Å². The summed E-state index contributed by atoms with van der Waals surface area (Å²) in [5, 5.41) is 0. The van der Waals surface area contributed by atoms with Crippen LogP contribution in [0, 0.1) is 0 Å². The second-order valence-electron chi connectivity index (χ2n) is 5.63. The molecule has 0 N–H and O–H groups in total. The molecule has 0 saturated carbocycles. The van der Waals surface area contributed by atoms with Crippen LogP contribution in [0.2, 0.25) is 0 Å². The van der Waals surface area contributed by atoms with Crippen LogP contribution < -0.4 is 4.90 Å². The third kappa shape index (κ3) is 3.10. The van der Waals surface area contributed by atoms with Crippen LogP contribution in [-0.4, -0.2) is 31.1 Å². The first-order chi connectivity index (χ1) is 12.0. The Balaban J connectivity index is 1.92. The van der Waals surface area contributed by atoms with Crippen molar-refractivity contribution < 1.29 is 23.9 Å². The van der Waals surface area contributed by atoms with Crippen LogP contribution in [0.1, 0.15) is 28.9 Å². The number of carbonyl (C=O) groups is 3. The second-order valence-corrected chi connectivity index (χ2v) is 5.63. The van der Waals surface area contributed by atoms with E-state index in [9.17, 15) is 14.4 Å². The zero-order valence-electron chi connectivity index (χ0n) is 13.8. The summed E-state index contributed by atoms with van der Waals surface area (Å²) < 4.78 is 9.86. The molecule has 6 nitrogen and oxygen atoms in total. The molecule has 1 heterocycles. The van der Waals surface area contributed by atoms with Gasteiger partial charge in [0.1, 0.15) is 6.04 Å². The summed E-state index contributed by atoms with van der Waals surface area (Å²) in [6, 6.07) is 15.5. The molecule has 6 heteroatoms. The normalized spacial score (nSPS) is 19.1. The van der Waals surface area contributed by atoms with Gasteiger partial charge in [-0.3, -0.25) is 14.5 Å². The maximum absolute atomic E-state index is 12.5. The molecular formula is C19H17NO5. The van der Waals surface area contributed by atoms with Crippen LogP contribution in [0.3, 0.4) is 0 Å². The average molecular weight is 339 g/mol. The maximum Gasteiger partial charge on any atom is 0.337 e. The number of β-lactam (4-membered cyclic amide) rings is 1. The fourth-order valence-electron chi connectivity index (χ4n) is 2.89. The minimum Gasteiger partial charge on any atom is -0.465 e. The molecule has 0 spiro atoms. The number of benzene rings is 2. The number of methoxy groups -OCH3 is 1. The van der Waals surface area contributed by atoms with E-state index < -0.39 is 24.1 Å². The number of carbonyl (C=O) groups excluding carboxylic acids is 3. The van der Waals surface area contributed by atoms with Gasteiger partial charge >= 0.3 is 11.9 Å². The average Bonchev–Trinajstić information content (AvgIpc) is 2.64. The van der Waals surface area contributed by atoms with E-state index in [1.54, 1.807) is 29.2 Å². The summed E-state index contributed by atoms with van der Waals surface area (Å²) in [4.78, 5) is 36.9. The van der Waals surface area contributed by atoms with E-state index >= 15 is 0 Å². The Morgan fingerprint density at radius 1 is 1.00 bits per heavy atom. The molecule has 1 saturated heterocycles. The molecule has 0 bridgehead atoms. The van der Waals surface area contributed by atoms with E-state index in [-0.39, 0.29) is 5.91 Å². The second kappa shape index (κ2) is 6.76. The largest absolute Gasteiger partial charge is 0.465 e. The predicted octanol–water partition coefficient (Wildman–Crippen LogP) is 2.49. The van der Waals surface area contributed by atoms with Crippen LogP contribution in [0.25, 0.3) is 0 Å². The SMILES string of the molecule is COC(=O)c1ccc(N2C(=O)C(OC(C)=O)C2c2ccccc2)cc1. The van der Waals surface area contributed by atoms with Gasteiger partial charge < -0.3 is 9.47 Å². The van der Waals surface area contributed by atoms with E-state index in [2.05, 4.69) is 4.74 Å². The van der Waals surface area contributed by atoms with E-state index in [1.807, 2.05) is 30.3 Å². The number of anilines is 1. The third-order valence-electron chi connectivity index (χ3n) is 4.05. The lowest BCUT2D eigenvalue weighted by molar-refractivity contribution is -0.160. The lowest BCUT2D eigenvalue weighted by Crippen LogP contribution is -2.60. The van der Waals surface area contributed by atoms with Crippen LogP contribution in [-0.2, 0) is 19.1 Å². The van der Waals surface area contributed by atoms with Crippen LogP contribution in [0.15, 0.2) is 54.6 Å². The van der Waals surface area contributed by atoms with Gasteiger partial charge in [-0.15, -0.1) is 0 Å². The van der Waals surface area contributed by atoms with E-state index in [1.165, 1.54) is 14.0 Å². The fourth-order valence-corrected chi connectivity index (χ4v) is 2.89. The molecule has 128 valence electrons. The molecule has 3 rings (SSSR count). The molecule has 2 aromatic rings. The van der Waals surface area contributed by atoms with E-state index in [0.717, 1.165) is 5.56 Å². The van der Waals surface area contributed by atoms with Gasteiger partial charge in [0.05, 0.1) is 12.7 Å². The topological polar surface area (TPSA) is 72.9 Å². The third-order valence-corrected chi connectivity index (χ3v) is 4.05. The van der Waals surface area contributed by atoms with Crippen LogP contribution in [0.4, 0.5) is 5.69 Å². The first kappa shape index (κ1) is 16.7. The van der Waals surface area contributed by atoms with Gasteiger partial charge in [0, 0.05) is 12.6 Å². The highest BCUT2D eigenvalue weighted by molar-refractivity contribution is 6.06. The van der Waals surface area contributed by atoms with Gasteiger partial charge in [-0.25, -0.2) is 4.79 Å². The Hall–Kier alpha value is -3.15. The molecule has 1 aliphatic rings. The monoisotopic (exact) mass is 339 g/mol. The van der Waals surface area contributed by atoms with Crippen molar-refractivity contribution >= 4 is 23.5 Å². The summed E-state index contributed by atoms with van der Waals surface area (Å²) >= 11 is 0. The van der Waals surface area contributed by atoms with Gasteiger partial charge in [-0.05, 0) is 29.8 Å². The molecule has 2 aromatic carbocycles. The molecule has 25 heavy (non-hydrogen) atoms. The summed E-state index contributed by atoms with van der Waals surface area (Å²) in [6.07, 6.45) is -0.847. The lowest BCUT2D eigenvalue weighted by atomic mass is 9.89. The molecule has 1 fully saturated rings. The van der Waals surface area contributed by atoms with Gasteiger partial charge in [-0.2, -0.15) is 0 Å². The first-order valence-corrected chi connectivity index (χ1v) is 7.76. The molecule has 1 amide bonds. The van der Waals surface area contributed by atoms with Crippen molar-refractivity contribution in [3.8, 4) is 0 Å². The van der Waals surface area contributed by atoms with Crippen LogP contribution >= 0.6 is 0 Å². The first-order valence-electron chi connectivity index (χ1n) is 7.76. The Labute approximate surface area is 145 Å². The van der Waals surface area contributed by atoms with Crippen molar-refractivity contribution in [2.24, 2.45) is 0 Å². The zero-order valence-corrected chi connectivity index (χ0v) is 13.8. The summed E-state index contributed by atoms with van der Waals surface area (Å²) in [6.45, 7) is 1.28. The van der Waals surface area contributed by atoms with Crippen molar-refractivity contribution in [1.29, 1.82) is 0 Å². The Bertz CT molecular complexity index is 800. The molecule has 0 radical (unpaired) electrons. The smallest absolute Gasteiger partial charge is 0.337 e. The standard InChI is InChI=1S/C19H17NO5/c1-12(21)25-17-16(13-6-4-3-5-7-13)20(18(17)22)15-10-8-14(9-11-15)19(23)24-2/h3-11,16-17H,1-2H3. The van der Waals surface area contributed by atoms with E-state index in [4.69, 9.17) is 4.74 Å². The van der Waals surface area contributed by atoms with Gasteiger partial charge in [0.25, 0.3) is 5.91 Å². The number of rotatable bonds is 4. The quantitative estimate of drug-likeness (QED) is 0.632. The number of hydrogen-bond donors (Lipinski definition) is 0. The minimum absolute atomic E-state index is 0.296. The van der Waals surface area contributed by atoms with E-state index in [0.29, 0.717) is 11.3 Å². The van der Waals surface area contributed by atoms with Gasteiger partial charge in [0.15, 0.2) is 0 Å². The highest BCUT2D eigenvalue weighted by Gasteiger charge is 2.51. The van der Waals surface area contributed by atoms with Crippen molar-refractivity contribution in [2.45, 2.75) is 19.1 Å². The summed E-state index contributed by atoms with van der Waals surface area (Å²) in [5.74, 6) is -1.24. The minimum atomic E-state index is -0.847. The molecule has 2 atom stereocenters. The molecule has 1 aliphatic heterocycles. The Morgan fingerprint density at radius 3 is 2.20 bits per heavy atom. The number of amides is 1. The molecule has 2 unspecified atom stereocenters. The Kier molecular flexibility index (Phi) is 4.52. The van der Waals surface area contributed by atoms with Gasteiger partial charge in [-0.1, -0.05) is 30.3 Å². The number of nitrogens with zero attached hydrogens (tertiary/aromatic N) is 1. The summed E-state index contributed by atoms with van der Waals surface area (Å²) in [5.41, 5.74) is 1.88. The van der Waals surface area contributed by atoms with Crippen molar-refractivity contribution in [2.75, 3.05) is 12.0 Å². The van der Waals surface area contributed by atoms with Crippen molar-refractivity contribution in [3.05, 3.63) is 65.7 Å². The highest BCUT2D eigenvalue weighted by Crippen LogP contribution is 2.40. The molecular weight excluding hydrogens is 322 g/mol. The summed E-state index contributed by atoms with van der Waals surface area (Å²) in [7, 11) is 1.31. The molecule has 0 aromatic heterocycles. The molecule has 0 aliphatic carbocycles. The number of ether oxygens (including phenoxy) is 2. The maximum atomic E-state index is 12.5. The van der Waals surface area contributed by atoms with Gasteiger partial charge in [0.2, 0.25) is 6.10 Å². The Morgan fingerprint density at radius 2 is 1.64 bits per heavy atom.